The normalized spacial score (nSPS) is 18.6. The van der Waals surface area contributed by atoms with Crippen LogP contribution in [-0.2, 0) is 0 Å². The van der Waals surface area contributed by atoms with Gasteiger partial charge in [0, 0.05) is 10.2 Å². The van der Waals surface area contributed by atoms with Gasteiger partial charge in [0.25, 0.3) is 0 Å². The van der Waals surface area contributed by atoms with Gasteiger partial charge in [0.2, 0.25) is 0 Å². The molecule has 54 valence electrons. The molecule has 0 N–H and O–H groups in total. The van der Waals surface area contributed by atoms with E-state index in [1.54, 1.807) is 0 Å². The number of hydrogen-bond acceptors (Lipinski definition) is 1. The molecular weight excluding hydrogens is 140 g/mol. The van der Waals surface area contributed by atoms with Crippen molar-refractivity contribution in [3.05, 3.63) is 36.3 Å². The number of allylic oxidation sites excluding steroid dienone is 3. The lowest BCUT2D eigenvalue weighted by Crippen LogP contribution is -1.72. The Balaban J connectivity index is 2.38. The predicted molar refractivity (Wildman–Crippen MR) is 49.1 cm³/mol. The molecule has 1 heteroatoms. The van der Waals surface area contributed by atoms with Crippen LogP contribution >= 0.6 is 11.8 Å². The topological polar surface area (TPSA) is 0 Å². The van der Waals surface area contributed by atoms with Crippen molar-refractivity contribution in [3.8, 4) is 0 Å². The van der Waals surface area contributed by atoms with Gasteiger partial charge in [-0.05, 0) is 18.9 Å². The maximum absolute atomic E-state index is 3.72. The van der Waals surface area contributed by atoms with E-state index in [2.05, 4.69) is 13.2 Å². The Morgan fingerprint density at radius 2 is 2.10 bits per heavy atom. The molecule has 0 atom stereocenters. The number of rotatable bonds is 4. The first-order valence-electron chi connectivity index (χ1n) is 3.48. The van der Waals surface area contributed by atoms with E-state index in [0.29, 0.717) is 0 Å². The summed E-state index contributed by atoms with van der Waals surface area (Å²) in [5.74, 6) is 0. The van der Waals surface area contributed by atoms with Crippen LogP contribution in [0.4, 0.5) is 0 Å². The lowest BCUT2D eigenvalue weighted by molar-refractivity contribution is 1.50. The van der Waals surface area contributed by atoms with E-state index in [0.717, 1.165) is 5.25 Å². The van der Waals surface area contributed by atoms with Crippen LogP contribution in [0, 0.1) is 0 Å². The quantitative estimate of drug-likeness (QED) is 0.558. The molecule has 0 bridgehead atoms. The fourth-order valence-electron chi connectivity index (χ4n) is 0.650. The smallest absolute Gasteiger partial charge is 0.00952 e. The summed E-state index contributed by atoms with van der Waals surface area (Å²) in [7, 11) is 0. The molecule has 0 aromatic carbocycles. The molecule has 0 radical (unpaired) electrons. The molecule has 0 aromatic rings. The summed E-state index contributed by atoms with van der Waals surface area (Å²) in [6, 6.07) is 0. The summed E-state index contributed by atoms with van der Waals surface area (Å²) in [5.41, 5.74) is 0. The third-order valence-electron chi connectivity index (χ3n) is 1.31. The molecule has 1 fully saturated rings. The largest absolute Gasteiger partial charge is 0.123 e. The van der Waals surface area contributed by atoms with Crippen molar-refractivity contribution >= 4 is 11.8 Å². The molecule has 1 aliphatic carbocycles. The van der Waals surface area contributed by atoms with Crippen molar-refractivity contribution in [2.45, 2.75) is 18.1 Å². The van der Waals surface area contributed by atoms with Crippen molar-refractivity contribution in [1.82, 2.24) is 0 Å². The van der Waals surface area contributed by atoms with E-state index in [9.17, 15) is 0 Å². The summed E-state index contributed by atoms with van der Waals surface area (Å²) in [6.07, 6.45) is 8.45. The summed E-state index contributed by atoms with van der Waals surface area (Å²) < 4.78 is 0. The van der Waals surface area contributed by atoms with Gasteiger partial charge in [-0.25, -0.2) is 0 Å². The highest BCUT2D eigenvalue weighted by atomic mass is 32.2. The molecule has 0 aliphatic heterocycles. The van der Waals surface area contributed by atoms with Crippen molar-refractivity contribution < 1.29 is 0 Å². The minimum atomic E-state index is 0.865. The highest BCUT2D eigenvalue weighted by Crippen LogP contribution is 2.38. The Labute approximate surface area is 66.7 Å². The van der Waals surface area contributed by atoms with Crippen molar-refractivity contribution in [2.24, 2.45) is 0 Å². The highest BCUT2D eigenvalue weighted by Gasteiger charge is 2.22. The number of hydrogen-bond donors (Lipinski definition) is 0. The fourth-order valence-corrected chi connectivity index (χ4v) is 1.68. The van der Waals surface area contributed by atoms with Crippen LogP contribution in [0.15, 0.2) is 36.3 Å². The van der Waals surface area contributed by atoms with Crippen LogP contribution in [0.2, 0.25) is 0 Å². The van der Waals surface area contributed by atoms with Crippen LogP contribution in [0.1, 0.15) is 12.8 Å². The van der Waals surface area contributed by atoms with Crippen molar-refractivity contribution in [2.75, 3.05) is 0 Å². The van der Waals surface area contributed by atoms with Crippen LogP contribution in [0.25, 0.3) is 0 Å². The standard InChI is InChI=1S/C9H12S/c1-3-5-8(4-2)10-9-6-7-9/h3-5,9H,1-2,6-7H2/b8-5+. The van der Waals surface area contributed by atoms with Gasteiger partial charge in [0.1, 0.15) is 0 Å². The Hall–Kier alpha value is -0.430. The van der Waals surface area contributed by atoms with Crippen molar-refractivity contribution in [1.29, 1.82) is 0 Å². The second kappa shape index (κ2) is 3.67. The average Bonchev–Trinajstić information content (AvgIpc) is 2.71. The first kappa shape index (κ1) is 7.67. The minimum absolute atomic E-state index is 0.865. The van der Waals surface area contributed by atoms with Gasteiger partial charge in [-0.1, -0.05) is 25.3 Å². The molecule has 0 amide bonds. The highest BCUT2D eigenvalue weighted by molar-refractivity contribution is 8.04. The maximum Gasteiger partial charge on any atom is 0.00952 e. The Morgan fingerprint density at radius 1 is 1.40 bits per heavy atom. The summed E-state index contributed by atoms with van der Waals surface area (Å²) in [4.78, 5) is 1.25. The molecule has 1 saturated carbocycles. The van der Waals surface area contributed by atoms with E-state index in [1.165, 1.54) is 17.7 Å². The number of thioether (sulfide) groups is 1. The second-order valence-electron chi connectivity index (χ2n) is 2.33. The summed E-state index contributed by atoms with van der Waals surface area (Å²) >= 11 is 1.91. The lowest BCUT2D eigenvalue weighted by Gasteiger charge is -1.95. The van der Waals surface area contributed by atoms with E-state index >= 15 is 0 Å². The molecule has 0 aromatic heterocycles. The van der Waals surface area contributed by atoms with Crippen molar-refractivity contribution in [3.63, 3.8) is 0 Å². The summed E-state index contributed by atoms with van der Waals surface area (Å²) in [6.45, 7) is 7.36. The molecular formula is C9H12S. The van der Waals surface area contributed by atoms with Crippen LogP contribution in [0.5, 0.6) is 0 Å². The van der Waals surface area contributed by atoms with E-state index in [-0.39, 0.29) is 0 Å². The first-order chi connectivity index (χ1) is 4.86. The monoisotopic (exact) mass is 152 g/mol. The average molecular weight is 152 g/mol. The molecule has 1 aliphatic rings. The Bertz CT molecular complexity index is 164. The minimum Gasteiger partial charge on any atom is -0.123 e. The van der Waals surface area contributed by atoms with Crippen LogP contribution in [-0.4, -0.2) is 5.25 Å². The van der Waals surface area contributed by atoms with E-state index in [1.807, 2.05) is 30.0 Å². The second-order valence-corrected chi connectivity index (χ2v) is 3.70. The van der Waals surface area contributed by atoms with E-state index in [4.69, 9.17) is 0 Å². The van der Waals surface area contributed by atoms with E-state index < -0.39 is 0 Å². The maximum atomic E-state index is 3.72. The van der Waals surface area contributed by atoms with Gasteiger partial charge in [0.15, 0.2) is 0 Å². The zero-order valence-electron chi connectivity index (χ0n) is 6.05. The third-order valence-corrected chi connectivity index (χ3v) is 2.69. The molecule has 0 saturated heterocycles. The van der Waals surface area contributed by atoms with Gasteiger partial charge in [0.05, 0.1) is 0 Å². The molecule has 10 heavy (non-hydrogen) atoms. The van der Waals surface area contributed by atoms with Gasteiger partial charge >= 0.3 is 0 Å². The van der Waals surface area contributed by atoms with Gasteiger partial charge < -0.3 is 0 Å². The molecule has 0 spiro atoms. The Kier molecular flexibility index (Phi) is 2.82. The third kappa shape index (κ3) is 2.44. The molecule has 1 rings (SSSR count). The van der Waals surface area contributed by atoms with Crippen LogP contribution in [0.3, 0.4) is 0 Å². The summed E-state index contributed by atoms with van der Waals surface area (Å²) in [5, 5.41) is 0.865. The molecule has 0 heterocycles. The Morgan fingerprint density at radius 3 is 2.50 bits per heavy atom. The van der Waals surface area contributed by atoms with Gasteiger partial charge in [-0.3, -0.25) is 0 Å². The predicted octanol–water partition coefficient (Wildman–Crippen LogP) is 3.14. The van der Waals surface area contributed by atoms with Gasteiger partial charge in [-0.2, -0.15) is 0 Å². The first-order valence-corrected chi connectivity index (χ1v) is 4.36. The van der Waals surface area contributed by atoms with Gasteiger partial charge in [-0.15, -0.1) is 11.8 Å². The molecule has 0 unspecified atom stereocenters. The lowest BCUT2D eigenvalue weighted by atomic mass is 10.5. The van der Waals surface area contributed by atoms with Crippen LogP contribution < -0.4 is 0 Å². The SMILES string of the molecule is C=C/C=C(\C=C)SC1CC1. The fraction of sp³-hybridized carbons (Fsp3) is 0.333. The molecule has 0 nitrogen and oxygen atoms in total. The zero-order chi connectivity index (χ0) is 7.40. The zero-order valence-corrected chi connectivity index (χ0v) is 6.86.